The van der Waals surface area contributed by atoms with Crippen LogP contribution in [0.1, 0.15) is 30.9 Å². The van der Waals surface area contributed by atoms with Crippen molar-refractivity contribution in [1.29, 1.82) is 0 Å². The molecule has 0 spiro atoms. The molecular formula is C26H23F3N4O3. The van der Waals surface area contributed by atoms with Crippen LogP contribution in [-0.4, -0.2) is 28.2 Å². The normalized spacial score (nSPS) is 11.9. The Morgan fingerprint density at radius 3 is 2.50 bits per heavy atom. The van der Waals surface area contributed by atoms with Crippen LogP contribution in [-0.2, 0) is 11.9 Å². The Hall–Kier alpha value is -4.34. The van der Waals surface area contributed by atoms with Gasteiger partial charge in [-0.05, 0) is 59.5 Å². The van der Waals surface area contributed by atoms with Crippen LogP contribution < -0.4 is 10.1 Å². The third-order valence-electron chi connectivity index (χ3n) is 5.41. The second kappa shape index (κ2) is 10.1. The van der Waals surface area contributed by atoms with Gasteiger partial charge in [0, 0.05) is 18.3 Å². The first-order valence-corrected chi connectivity index (χ1v) is 11.0. The molecule has 4 rings (SSSR count). The maximum Gasteiger partial charge on any atom is 0.573 e. The first-order valence-electron chi connectivity index (χ1n) is 11.0. The summed E-state index contributed by atoms with van der Waals surface area (Å²) < 4.78 is 42.9. The number of halogens is 3. The van der Waals surface area contributed by atoms with Crippen molar-refractivity contribution in [1.82, 2.24) is 9.55 Å². The van der Waals surface area contributed by atoms with E-state index in [-0.39, 0.29) is 11.7 Å². The number of anilines is 1. The summed E-state index contributed by atoms with van der Waals surface area (Å²) in [5.41, 5.74) is 4.39. The SMILES string of the molecule is CC(C)c1ccccc1NC(=O)O/N=C/c1ccc2nc(-c3ccc(OC(F)(F)F)cc3)n(C)c2c1. The molecule has 0 fully saturated rings. The predicted molar refractivity (Wildman–Crippen MR) is 131 cm³/mol. The molecule has 36 heavy (non-hydrogen) atoms. The first kappa shape index (κ1) is 24.8. The number of carbonyl (C=O) groups excluding carboxylic acids is 1. The molecule has 0 aliphatic carbocycles. The molecule has 1 N–H and O–H groups in total. The van der Waals surface area contributed by atoms with Crippen LogP contribution in [0.3, 0.4) is 0 Å². The van der Waals surface area contributed by atoms with E-state index in [1.165, 1.54) is 30.5 Å². The van der Waals surface area contributed by atoms with E-state index in [2.05, 4.69) is 20.2 Å². The maximum atomic E-state index is 12.4. The molecule has 0 unspecified atom stereocenters. The molecule has 10 heteroatoms. The number of rotatable bonds is 6. The summed E-state index contributed by atoms with van der Waals surface area (Å²) in [5, 5.41) is 6.47. The second-order valence-corrected chi connectivity index (χ2v) is 8.29. The van der Waals surface area contributed by atoms with Gasteiger partial charge in [-0.3, -0.25) is 10.2 Å². The van der Waals surface area contributed by atoms with Crippen LogP contribution in [0.4, 0.5) is 23.7 Å². The standard InChI is InChI=1S/C26H23F3N4O3/c1-16(2)20-6-4-5-7-21(20)32-25(34)36-30-15-17-8-13-22-23(14-17)33(3)24(31-22)18-9-11-19(12-10-18)35-26(27,28)29/h4-16H,1-3H3,(H,32,34)/b30-15+. The highest BCUT2D eigenvalue weighted by Gasteiger charge is 2.31. The summed E-state index contributed by atoms with van der Waals surface area (Å²) >= 11 is 0. The quantitative estimate of drug-likeness (QED) is 0.180. The molecule has 0 aliphatic heterocycles. The van der Waals surface area contributed by atoms with E-state index in [0.29, 0.717) is 28.2 Å². The zero-order valence-corrected chi connectivity index (χ0v) is 19.7. The Labute approximate surface area is 205 Å². The van der Waals surface area contributed by atoms with Crippen LogP contribution in [0.15, 0.2) is 71.9 Å². The number of hydrogen-bond acceptors (Lipinski definition) is 5. The number of benzene rings is 3. The highest BCUT2D eigenvalue weighted by molar-refractivity contribution is 5.90. The molecule has 0 saturated carbocycles. The van der Waals surface area contributed by atoms with Crippen molar-refractivity contribution in [2.75, 3.05) is 5.32 Å². The van der Waals surface area contributed by atoms with E-state index in [0.717, 1.165) is 11.1 Å². The minimum absolute atomic E-state index is 0.228. The van der Waals surface area contributed by atoms with Gasteiger partial charge in [0.05, 0.1) is 17.2 Å². The van der Waals surface area contributed by atoms with E-state index in [1.54, 1.807) is 25.2 Å². The van der Waals surface area contributed by atoms with Gasteiger partial charge in [0.2, 0.25) is 0 Å². The fraction of sp³-hybridized carbons (Fsp3) is 0.192. The lowest BCUT2D eigenvalue weighted by atomic mass is 10.0. The van der Waals surface area contributed by atoms with Crippen molar-refractivity contribution in [2.24, 2.45) is 12.2 Å². The molecular weight excluding hydrogens is 473 g/mol. The van der Waals surface area contributed by atoms with E-state index in [1.807, 2.05) is 42.7 Å². The Kier molecular flexibility index (Phi) is 6.96. The number of alkyl halides is 3. The largest absolute Gasteiger partial charge is 0.573 e. The average molecular weight is 496 g/mol. The number of amides is 1. The number of hydrogen-bond donors (Lipinski definition) is 1. The Morgan fingerprint density at radius 2 is 1.81 bits per heavy atom. The number of aromatic nitrogens is 2. The third kappa shape index (κ3) is 5.83. The average Bonchev–Trinajstić information content (AvgIpc) is 3.15. The molecule has 186 valence electrons. The van der Waals surface area contributed by atoms with E-state index in [9.17, 15) is 18.0 Å². The number of fused-ring (bicyclic) bond motifs is 1. The van der Waals surface area contributed by atoms with Crippen molar-refractivity contribution in [3.8, 4) is 17.1 Å². The topological polar surface area (TPSA) is 77.7 Å². The Morgan fingerprint density at radius 1 is 1.08 bits per heavy atom. The number of carbonyl (C=O) groups is 1. The zero-order chi connectivity index (χ0) is 25.9. The number of para-hydroxylation sites is 1. The van der Waals surface area contributed by atoms with Gasteiger partial charge in [-0.2, -0.15) is 0 Å². The van der Waals surface area contributed by atoms with Crippen molar-refractivity contribution < 1.29 is 27.5 Å². The molecule has 1 heterocycles. The Bertz CT molecular complexity index is 1410. The number of imidazole rings is 1. The zero-order valence-electron chi connectivity index (χ0n) is 19.7. The molecule has 0 saturated heterocycles. The first-order chi connectivity index (χ1) is 17.1. The number of aryl methyl sites for hydroxylation is 1. The fourth-order valence-electron chi connectivity index (χ4n) is 3.73. The Balaban J connectivity index is 1.46. The van der Waals surface area contributed by atoms with Crippen LogP contribution in [0.2, 0.25) is 0 Å². The molecule has 0 bridgehead atoms. The second-order valence-electron chi connectivity index (χ2n) is 8.29. The van der Waals surface area contributed by atoms with Crippen LogP contribution in [0.5, 0.6) is 5.75 Å². The molecule has 1 amide bonds. The van der Waals surface area contributed by atoms with Gasteiger partial charge >= 0.3 is 12.5 Å². The summed E-state index contributed by atoms with van der Waals surface area (Å²) in [5.74, 6) is 0.490. The van der Waals surface area contributed by atoms with Gasteiger partial charge in [-0.15, -0.1) is 13.2 Å². The summed E-state index contributed by atoms with van der Waals surface area (Å²) in [6, 6.07) is 18.3. The monoisotopic (exact) mass is 496 g/mol. The lowest BCUT2D eigenvalue weighted by Gasteiger charge is -2.12. The summed E-state index contributed by atoms with van der Waals surface area (Å²) in [4.78, 5) is 21.7. The fourth-order valence-corrected chi connectivity index (χ4v) is 3.73. The van der Waals surface area contributed by atoms with Crippen molar-refractivity contribution in [2.45, 2.75) is 26.1 Å². The number of oxime groups is 1. The van der Waals surface area contributed by atoms with Crippen molar-refractivity contribution in [3.63, 3.8) is 0 Å². The maximum absolute atomic E-state index is 12.4. The van der Waals surface area contributed by atoms with E-state index < -0.39 is 12.5 Å². The lowest BCUT2D eigenvalue weighted by Crippen LogP contribution is -2.16. The minimum Gasteiger partial charge on any atom is -0.406 e. The molecule has 0 aliphatic rings. The van der Waals surface area contributed by atoms with Gasteiger partial charge in [-0.1, -0.05) is 43.3 Å². The van der Waals surface area contributed by atoms with Crippen molar-refractivity contribution >= 4 is 29.0 Å². The van der Waals surface area contributed by atoms with Crippen LogP contribution in [0.25, 0.3) is 22.4 Å². The highest BCUT2D eigenvalue weighted by Crippen LogP contribution is 2.28. The number of ether oxygens (including phenoxy) is 1. The molecule has 0 radical (unpaired) electrons. The molecule has 1 aromatic heterocycles. The number of nitrogens with zero attached hydrogens (tertiary/aromatic N) is 3. The van der Waals surface area contributed by atoms with Crippen molar-refractivity contribution in [3.05, 3.63) is 77.9 Å². The van der Waals surface area contributed by atoms with Gasteiger partial charge in [0.25, 0.3) is 0 Å². The minimum atomic E-state index is -4.75. The molecule has 3 aromatic carbocycles. The summed E-state index contributed by atoms with van der Waals surface area (Å²) in [6.45, 7) is 4.06. The predicted octanol–water partition coefficient (Wildman–Crippen LogP) is 6.84. The van der Waals surface area contributed by atoms with E-state index >= 15 is 0 Å². The van der Waals surface area contributed by atoms with Gasteiger partial charge in [-0.25, -0.2) is 9.78 Å². The van der Waals surface area contributed by atoms with Crippen LogP contribution in [0, 0.1) is 0 Å². The van der Waals surface area contributed by atoms with Gasteiger partial charge in [0.1, 0.15) is 11.6 Å². The molecule has 0 atom stereocenters. The molecule has 4 aromatic rings. The third-order valence-corrected chi connectivity index (χ3v) is 5.41. The summed E-state index contributed by atoms with van der Waals surface area (Å²) in [7, 11) is 1.79. The van der Waals surface area contributed by atoms with Gasteiger partial charge in [0.15, 0.2) is 0 Å². The number of nitrogens with one attached hydrogen (secondary N) is 1. The smallest absolute Gasteiger partial charge is 0.406 e. The summed E-state index contributed by atoms with van der Waals surface area (Å²) in [6.07, 6.45) is -4.05. The van der Waals surface area contributed by atoms with Gasteiger partial charge < -0.3 is 9.30 Å². The van der Waals surface area contributed by atoms with E-state index in [4.69, 9.17) is 4.84 Å². The van der Waals surface area contributed by atoms with Crippen LogP contribution >= 0.6 is 0 Å². The highest BCUT2D eigenvalue weighted by atomic mass is 19.4. The molecule has 7 nitrogen and oxygen atoms in total. The lowest BCUT2D eigenvalue weighted by molar-refractivity contribution is -0.274.